The number of pyridine rings is 1. The van der Waals surface area contributed by atoms with Gasteiger partial charge in [-0.15, -0.1) is 0 Å². The lowest BCUT2D eigenvalue weighted by Crippen LogP contribution is -2.04. The Kier molecular flexibility index (Phi) is 3.00. The smallest absolute Gasteiger partial charge is 0.148 e. The van der Waals surface area contributed by atoms with E-state index in [1.807, 2.05) is 18.2 Å². The van der Waals surface area contributed by atoms with Crippen molar-refractivity contribution in [3.05, 3.63) is 54.1 Å². The van der Waals surface area contributed by atoms with E-state index in [1.165, 1.54) is 6.07 Å². The number of benzene rings is 1. The molecule has 2 aromatic rings. The molecule has 0 fully saturated rings. The van der Waals surface area contributed by atoms with Crippen LogP contribution >= 0.6 is 0 Å². The van der Waals surface area contributed by atoms with E-state index in [9.17, 15) is 4.39 Å². The lowest BCUT2D eigenvalue weighted by Gasteiger charge is -2.08. The molecule has 1 aromatic heterocycles. The molecule has 1 heterocycles. The summed E-state index contributed by atoms with van der Waals surface area (Å²) in [5.41, 5.74) is 7.20. The summed E-state index contributed by atoms with van der Waals surface area (Å²) in [5, 5.41) is 3.04. The molecule has 0 amide bonds. The van der Waals surface area contributed by atoms with Crippen LogP contribution < -0.4 is 11.1 Å². The summed E-state index contributed by atoms with van der Waals surface area (Å²) in [6, 6.07) is 10.3. The molecule has 0 saturated carbocycles. The number of nitrogen functional groups attached to an aromatic ring is 1. The van der Waals surface area contributed by atoms with Crippen LogP contribution in [0.5, 0.6) is 0 Å². The van der Waals surface area contributed by atoms with Gasteiger partial charge in [0.05, 0.1) is 23.6 Å². The van der Waals surface area contributed by atoms with Gasteiger partial charge in [-0.25, -0.2) is 4.39 Å². The van der Waals surface area contributed by atoms with Crippen molar-refractivity contribution in [2.75, 3.05) is 11.1 Å². The number of nitrogens with zero attached hydrogens (tertiary/aromatic N) is 1. The summed E-state index contributed by atoms with van der Waals surface area (Å²) < 4.78 is 13.1. The van der Waals surface area contributed by atoms with Gasteiger partial charge in [-0.2, -0.15) is 0 Å². The number of nitrogens with two attached hydrogens (primary N) is 1. The number of hydrogen-bond donors (Lipinski definition) is 2. The molecule has 16 heavy (non-hydrogen) atoms. The molecule has 0 spiro atoms. The Bertz CT molecular complexity index is 471. The fourth-order valence-electron chi connectivity index (χ4n) is 1.38. The molecule has 2 rings (SSSR count). The zero-order valence-corrected chi connectivity index (χ0v) is 8.65. The maximum Gasteiger partial charge on any atom is 0.148 e. The van der Waals surface area contributed by atoms with Gasteiger partial charge in [-0.1, -0.05) is 12.1 Å². The summed E-state index contributed by atoms with van der Waals surface area (Å²) in [5.74, 6) is -0.411. The number of anilines is 2. The van der Waals surface area contributed by atoms with Crippen LogP contribution in [0.3, 0.4) is 0 Å². The fraction of sp³-hybridized carbons (Fsp3) is 0.0833. The van der Waals surface area contributed by atoms with Gasteiger partial charge in [0.15, 0.2) is 0 Å². The Morgan fingerprint density at radius 2 is 2.06 bits per heavy atom. The molecule has 0 unspecified atom stereocenters. The van der Waals surface area contributed by atoms with E-state index in [1.54, 1.807) is 18.3 Å². The zero-order chi connectivity index (χ0) is 11.4. The second-order valence-electron chi connectivity index (χ2n) is 3.38. The van der Waals surface area contributed by atoms with Gasteiger partial charge in [-0.3, -0.25) is 4.98 Å². The van der Waals surface area contributed by atoms with Crippen LogP contribution in [-0.4, -0.2) is 4.98 Å². The zero-order valence-electron chi connectivity index (χ0n) is 8.65. The van der Waals surface area contributed by atoms with E-state index in [0.29, 0.717) is 12.2 Å². The van der Waals surface area contributed by atoms with E-state index < -0.39 is 5.82 Å². The Labute approximate surface area is 93.1 Å². The molecule has 4 heteroatoms. The number of nitrogens with one attached hydrogen (secondary N) is 1. The van der Waals surface area contributed by atoms with Crippen molar-refractivity contribution < 1.29 is 4.39 Å². The monoisotopic (exact) mass is 217 g/mol. The minimum atomic E-state index is -0.411. The van der Waals surface area contributed by atoms with Gasteiger partial charge < -0.3 is 11.1 Å². The second kappa shape index (κ2) is 4.61. The third kappa shape index (κ3) is 2.28. The molecular formula is C12H12FN3. The van der Waals surface area contributed by atoms with Crippen LogP contribution in [0.25, 0.3) is 0 Å². The number of rotatable bonds is 3. The van der Waals surface area contributed by atoms with Gasteiger partial charge >= 0.3 is 0 Å². The fourth-order valence-corrected chi connectivity index (χ4v) is 1.38. The average molecular weight is 217 g/mol. The molecule has 0 atom stereocenters. The average Bonchev–Trinajstić information content (AvgIpc) is 2.32. The summed E-state index contributed by atoms with van der Waals surface area (Å²) in [6.07, 6.45) is 1.71. The summed E-state index contributed by atoms with van der Waals surface area (Å²) in [7, 11) is 0. The lowest BCUT2D eigenvalue weighted by molar-refractivity contribution is 0.633. The maximum atomic E-state index is 13.1. The third-order valence-corrected chi connectivity index (χ3v) is 2.24. The first-order valence-corrected chi connectivity index (χ1v) is 4.95. The Hall–Kier alpha value is -2.10. The van der Waals surface area contributed by atoms with Crippen molar-refractivity contribution in [2.45, 2.75) is 6.54 Å². The standard InChI is InChI=1S/C12H12FN3/c13-10-5-3-6-11(12(10)14)16-8-9-4-1-2-7-15-9/h1-7,16H,8,14H2. The van der Waals surface area contributed by atoms with E-state index in [4.69, 9.17) is 5.73 Å². The van der Waals surface area contributed by atoms with E-state index in [2.05, 4.69) is 10.3 Å². The minimum absolute atomic E-state index is 0.137. The van der Waals surface area contributed by atoms with Crippen LogP contribution in [0.1, 0.15) is 5.69 Å². The predicted molar refractivity (Wildman–Crippen MR) is 62.4 cm³/mol. The first-order valence-electron chi connectivity index (χ1n) is 4.95. The van der Waals surface area contributed by atoms with Gasteiger partial charge in [0.1, 0.15) is 5.82 Å². The second-order valence-corrected chi connectivity index (χ2v) is 3.38. The van der Waals surface area contributed by atoms with Crippen molar-refractivity contribution in [1.82, 2.24) is 4.98 Å². The van der Waals surface area contributed by atoms with Gasteiger partial charge in [0.25, 0.3) is 0 Å². The number of para-hydroxylation sites is 1. The molecule has 0 bridgehead atoms. The minimum Gasteiger partial charge on any atom is -0.395 e. The predicted octanol–water partition coefficient (Wildman–Crippen LogP) is 2.42. The van der Waals surface area contributed by atoms with Crippen LogP contribution in [0, 0.1) is 5.82 Å². The van der Waals surface area contributed by atoms with Gasteiger partial charge in [0.2, 0.25) is 0 Å². The highest BCUT2D eigenvalue weighted by Gasteiger charge is 2.03. The topological polar surface area (TPSA) is 50.9 Å². The van der Waals surface area contributed by atoms with E-state index >= 15 is 0 Å². The van der Waals surface area contributed by atoms with Crippen molar-refractivity contribution >= 4 is 11.4 Å². The molecule has 0 aliphatic rings. The first-order chi connectivity index (χ1) is 7.77. The third-order valence-electron chi connectivity index (χ3n) is 2.24. The Morgan fingerprint density at radius 3 is 2.81 bits per heavy atom. The van der Waals surface area contributed by atoms with Gasteiger partial charge in [-0.05, 0) is 24.3 Å². The number of halogens is 1. The van der Waals surface area contributed by atoms with Crippen molar-refractivity contribution in [2.24, 2.45) is 0 Å². The molecule has 1 aromatic carbocycles. The normalized spacial score (nSPS) is 10.1. The van der Waals surface area contributed by atoms with E-state index in [-0.39, 0.29) is 5.69 Å². The quantitative estimate of drug-likeness (QED) is 0.776. The SMILES string of the molecule is Nc1c(F)cccc1NCc1ccccn1. The molecule has 0 aliphatic heterocycles. The number of hydrogen-bond acceptors (Lipinski definition) is 3. The maximum absolute atomic E-state index is 13.1. The van der Waals surface area contributed by atoms with Crippen molar-refractivity contribution in [3.63, 3.8) is 0 Å². The molecular weight excluding hydrogens is 205 g/mol. The lowest BCUT2D eigenvalue weighted by atomic mass is 10.2. The summed E-state index contributed by atoms with van der Waals surface area (Å²) in [4.78, 5) is 4.15. The van der Waals surface area contributed by atoms with Gasteiger partial charge in [0, 0.05) is 6.20 Å². The van der Waals surface area contributed by atoms with Crippen LogP contribution in [0.4, 0.5) is 15.8 Å². The molecule has 3 N–H and O–H groups in total. The molecule has 0 radical (unpaired) electrons. The summed E-state index contributed by atoms with van der Waals surface area (Å²) in [6.45, 7) is 0.522. The van der Waals surface area contributed by atoms with Crippen LogP contribution in [0.15, 0.2) is 42.6 Å². The van der Waals surface area contributed by atoms with Crippen LogP contribution in [-0.2, 0) is 6.54 Å². The summed E-state index contributed by atoms with van der Waals surface area (Å²) >= 11 is 0. The van der Waals surface area contributed by atoms with Crippen LogP contribution in [0.2, 0.25) is 0 Å². The Morgan fingerprint density at radius 1 is 1.19 bits per heavy atom. The molecule has 0 aliphatic carbocycles. The van der Waals surface area contributed by atoms with E-state index in [0.717, 1.165) is 5.69 Å². The highest BCUT2D eigenvalue weighted by Crippen LogP contribution is 2.21. The van der Waals surface area contributed by atoms with Crippen molar-refractivity contribution in [3.8, 4) is 0 Å². The molecule has 82 valence electrons. The molecule has 0 saturated heterocycles. The largest absolute Gasteiger partial charge is 0.395 e. The molecule has 3 nitrogen and oxygen atoms in total. The first kappa shape index (κ1) is 10.4. The Balaban J connectivity index is 2.08. The highest BCUT2D eigenvalue weighted by molar-refractivity contribution is 5.66. The number of aromatic nitrogens is 1. The van der Waals surface area contributed by atoms with Crippen molar-refractivity contribution in [1.29, 1.82) is 0 Å². The highest BCUT2D eigenvalue weighted by atomic mass is 19.1.